The first-order chi connectivity index (χ1) is 8.59. The Bertz CT molecular complexity index is 452. The summed E-state index contributed by atoms with van der Waals surface area (Å²) in [6.07, 6.45) is 3.17. The molecular formula is C10H12N6S2. The lowest BCUT2D eigenvalue weighted by atomic mass is 10.1. The van der Waals surface area contributed by atoms with Crippen LogP contribution < -0.4 is 22.3 Å². The van der Waals surface area contributed by atoms with Crippen LogP contribution in [-0.4, -0.2) is 22.7 Å². The number of hydrogen-bond donors (Lipinski definition) is 4. The molecule has 1 rings (SSSR count). The minimum absolute atomic E-state index is 0.104. The van der Waals surface area contributed by atoms with Crippen LogP contribution in [0.5, 0.6) is 0 Å². The fourth-order valence-corrected chi connectivity index (χ4v) is 1.18. The van der Waals surface area contributed by atoms with Gasteiger partial charge >= 0.3 is 0 Å². The van der Waals surface area contributed by atoms with Crippen molar-refractivity contribution >= 4 is 47.1 Å². The molecule has 0 saturated carbocycles. The van der Waals surface area contributed by atoms with E-state index < -0.39 is 0 Å². The Labute approximate surface area is 115 Å². The van der Waals surface area contributed by atoms with E-state index in [1.165, 1.54) is 0 Å². The number of benzene rings is 1. The highest BCUT2D eigenvalue weighted by atomic mass is 32.1. The molecular weight excluding hydrogens is 268 g/mol. The van der Waals surface area contributed by atoms with Crippen LogP contribution in [0.4, 0.5) is 0 Å². The molecule has 0 radical (unpaired) electrons. The largest absolute Gasteiger partial charge is 0.375 e. The van der Waals surface area contributed by atoms with Crippen LogP contribution in [0.25, 0.3) is 0 Å². The van der Waals surface area contributed by atoms with Gasteiger partial charge in [-0.2, -0.15) is 10.2 Å². The van der Waals surface area contributed by atoms with Gasteiger partial charge < -0.3 is 11.5 Å². The molecule has 0 aliphatic heterocycles. The van der Waals surface area contributed by atoms with Crippen molar-refractivity contribution < 1.29 is 0 Å². The molecule has 0 aromatic heterocycles. The third kappa shape index (κ3) is 5.32. The average Bonchev–Trinajstić information content (AvgIpc) is 2.30. The second kappa shape index (κ2) is 7.30. The molecule has 1 aromatic carbocycles. The Hall–Kier alpha value is -2.06. The second-order valence-corrected chi connectivity index (χ2v) is 3.98. The molecule has 8 heteroatoms. The Balaban J connectivity index is 2.79. The number of nitrogens with zero attached hydrogens (tertiary/aromatic N) is 2. The molecule has 0 aliphatic rings. The van der Waals surface area contributed by atoms with Gasteiger partial charge in [0.15, 0.2) is 10.2 Å². The van der Waals surface area contributed by atoms with Gasteiger partial charge in [-0.3, -0.25) is 10.9 Å². The van der Waals surface area contributed by atoms with Crippen LogP contribution >= 0.6 is 24.4 Å². The number of hydrazone groups is 2. The fourth-order valence-electron chi connectivity index (χ4n) is 1.08. The smallest absolute Gasteiger partial charge is 0.184 e. The van der Waals surface area contributed by atoms with Crippen molar-refractivity contribution in [3.63, 3.8) is 0 Å². The van der Waals surface area contributed by atoms with E-state index in [4.69, 9.17) is 11.5 Å². The van der Waals surface area contributed by atoms with Gasteiger partial charge in [-0.15, -0.1) is 0 Å². The Morgan fingerprint density at radius 1 is 0.944 bits per heavy atom. The van der Waals surface area contributed by atoms with Crippen molar-refractivity contribution in [1.82, 2.24) is 10.9 Å². The topological polar surface area (TPSA) is 101 Å². The Morgan fingerprint density at radius 2 is 1.33 bits per heavy atom. The third-order valence-corrected chi connectivity index (χ3v) is 1.94. The molecule has 0 saturated heterocycles. The van der Waals surface area contributed by atoms with Crippen molar-refractivity contribution in [3.05, 3.63) is 35.4 Å². The van der Waals surface area contributed by atoms with Crippen LogP contribution in [0.2, 0.25) is 0 Å². The van der Waals surface area contributed by atoms with E-state index in [9.17, 15) is 0 Å². The highest BCUT2D eigenvalue weighted by Gasteiger charge is 1.95. The van der Waals surface area contributed by atoms with E-state index in [1.807, 2.05) is 24.3 Å². The summed E-state index contributed by atoms with van der Waals surface area (Å²) < 4.78 is 0. The predicted octanol–water partition coefficient (Wildman–Crippen LogP) is 0.0208. The molecule has 0 amide bonds. The average molecular weight is 280 g/mol. The highest BCUT2D eigenvalue weighted by Crippen LogP contribution is 2.02. The summed E-state index contributed by atoms with van der Waals surface area (Å²) in [5.74, 6) is 0. The van der Waals surface area contributed by atoms with E-state index >= 15 is 0 Å². The predicted molar refractivity (Wildman–Crippen MR) is 81.5 cm³/mol. The lowest BCUT2D eigenvalue weighted by Gasteiger charge is -2.00. The first kappa shape index (κ1) is 14.0. The van der Waals surface area contributed by atoms with E-state index in [-0.39, 0.29) is 10.2 Å². The molecule has 0 atom stereocenters. The summed E-state index contributed by atoms with van der Waals surface area (Å²) in [5, 5.41) is 7.95. The van der Waals surface area contributed by atoms with Crippen LogP contribution in [0.15, 0.2) is 34.5 Å². The zero-order valence-corrected chi connectivity index (χ0v) is 11.0. The van der Waals surface area contributed by atoms with Crippen LogP contribution in [0, 0.1) is 0 Å². The number of rotatable bonds is 4. The molecule has 0 spiro atoms. The minimum Gasteiger partial charge on any atom is -0.375 e. The van der Waals surface area contributed by atoms with Gasteiger partial charge in [0.25, 0.3) is 0 Å². The summed E-state index contributed by atoms with van der Waals surface area (Å²) in [6, 6.07) is 7.49. The number of thiocarbonyl (C=S) groups is 2. The Morgan fingerprint density at radius 3 is 1.67 bits per heavy atom. The molecule has 0 aliphatic carbocycles. The maximum absolute atomic E-state index is 5.25. The highest BCUT2D eigenvalue weighted by molar-refractivity contribution is 7.80. The fraction of sp³-hybridized carbons (Fsp3) is 0. The van der Waals surface area contributed by atoms with Crippen molar-refractivity contribution in [2.45, 2.75) is 0 Å². The summed E-state index contributed by atoms with van der Waals surface area (Å²) in [7, 11) is 0. The zero-order chi connectivity index (χ0) is 13.4. The van der Waals surface area contributed by atoms with Gasteiger partial charge in [0.2, 0.25) is 0 Å². The molecule has 6 nitrogen and oxygen atoms in total. The number of nitrogens with one attached hydrogen (secondary N) is 2. The van der Waals surface area contributed by atoms with Crippen molar-refractivity contribution in [2.75, 3.05) is 0 Å². The van der Waals surface area contributed by atoms with E-state index in [0.717, 1.165) is 11.1 Å². The molecule has 0 fully saturated rings. The van der Waals surface area contributed by atoms with E-state index in [2.05, 4.69) is 45.5 Å². The minimum atomic E-state index is 0.104. The van der Waals surface area contributed by atoms with Crippen LogP contribution in [0.3, 0.4) is 0 Å². The Kier molecular flexibility index (Phi) is 5.68. The second-order valence-electron chi connectivity index (χ2n) is 3.10. The van der Waals surface area contributed by atoms with Gasteiger partial charge in [-0.25, -0.2) is 0 Å². The van der Waals surface area contributed by atoms with Gasteiger partial charge in [0.05, 0.1) is 12.4 Å². The summed E-state index contributed by atoms with van der Waals surface area (Å²) in [4.78, 5) is 0. The zero-order valence-electron chi connectivity index (χ0n) is 9.33. The molecule has 0 heterocycles. The molecule has 18 heavy (non-hydrogen) atoms. The lowest BCUT2D eigenvalue weighted by Crippen LogP contribution is -2.24. The van der Waals surface area contributed by atoms with Gasteiger partial charge in [-0.05, 0) is 24.4 Å². The molecule has 94 valence electrons. The van der Waals surface area contributed by atoms with Crippen LogP contribution in [0.1, 0.15) is 11.1 Å². The SMILES string of the molecule is NC(=S)N/N=C/c1ccccc1/C=N/NC(N)=S. The molecule has 0 unspecified atom stereocenters. The van der Waals surface area contributed by atoms with Crippen LogP contribution in [-0.2, 0) is 0 Å². The molecule has 1 aromatic rings. The summed E-state index contributed by atoms with van der Waals surface area (Å²) >= 11 is 9.26. The maximum atomic E-state index is 5.25. The summed E-state index contributed by atoms with van der Waals surface area (Å²) in [5.41, 5.74) is 17.1. The summed E-state index contributed by atoms with van der Waals surface area (Å²) in [6.45, 7) is 0. The monoisotopic (exact) mass is 280 g/mol. The van der Waals surface area contributed by atoms with Gasteiger partial charge in [0.1, 0.15) is 0 Å². The van der Waals surface area contributed by atoms with Crippen molar-refractivity contribution in [1.29, 1.82) is 0 Å². The van der Waals surface area contributed by atoms with Gasteiger partial charge in [-0.1, -0.05) is 24.3 Å². The van der Waals surface area contributed by atoms with E-state index in [1.54, 1.807) is 12.4 Å². The quantitative estimate of drug-likeness (QED) is 0.352. The first-order valence-corrected chi connectivity index (χ1v) is 5.67. The van der Waals surface area contributed by atoms with Crippen molar-refractivity contribution in [3.8, 4) is 0 Å². The maximum Gasteiger partial charge on any atom is 0.184 e. The molecule has 6 N–H and O–H groups in total. The van der Waals surface area contributed by atoms with Gasteiger partial charge in [0, 0.05) is 11.1 Å². The third-order valence-electron chi connectivity index (χ3n) is 1.75. The first-order valence-electron chi connectivity index (χ1n) is 4.85. The van der Waals surface area contributed by atoms with Crippen molar-refractivity contribution in [2.24, 2.45) is 21.7 Å². The molecule has 0 bridgehead atoms. The number of nitrogens with two attached hydrogens (primary N) is 2. The lowest BCUT2D eigenvalue weighted by molar-refractivity contribution is 1.04. The normalized spacial score (nSPS) is 10.7. The number of hydrogen-bond acceptors (Lipinski definition) is 4. The standard InChI is InChI=1S/C10H12N6S2/c11-9(17)15-13-5-7-3-1-2-4-8(7)6-14-16-10(12)18/h1-6H,(H3,11,15,17)(H3,12,16,18)/b13-5+,14-6+. The van der Waals surface area contributed by atoms with E-state index in [0.29, 0.717) is 0 Å².